The van der Waals surface area contributed by atoms with Crippen LogP contribution >= 0.6 is 0 Å². The average molecular weight is 191 g/mol. The Balaban J connectivity index is 3.15. The van der Waals surface area contributed by atoms with Crippen molar-refractivity contribution in [3.8, 4) is 11.8 Å². The molecule has 14 heavy (non-hydrogen) atoms. The molecule has 72 valence electrons. The summed E-state index contributed by atoms with van der Waals surface area (Å²) in [7, 11) is 1.48. The number of benzene rings is 1. The van der Waals surface area contributed by atoms with Gasteiger partial charge in [0, 0.05) is 5.56 Å². The van der Waals surface area contributed by atoms with Crippen LogP contribution < -0.4 is 4.74 Å². The number of hydrogen-bond acceptors (Lipinski definition) is 3. The van der Waals surface area contributed by atoms with E-state index in [0.717, 1.165) is 0 Å². The predicted molar refractivity (Wildman–Crippen MR) is 49.3 cm³/mol. The molecule has 0 aliphatic rings. The zero-order valence-electron chi connectivity index (χ0n) is 7.65. The molecule has 4 heteroatoms. The quantitative estimate of drug-likeness (QED) is 0.785. The number of methoxy groups -OCH3 is 1. The highest BCUT2D eigenvalue weighted by Crippen LogP contribution is 2.20. The molecule has 0 bridgehead atoms. The first-order valence-electron chi connectivity index (χ1n) is 3.96. The molecule has 1 aromatic carbocycles. The average Bonchev–Trinajstić information content (AvgIpc) is 2.18. The third-order valence-corrected chi connectivity index (χ3v) is 1.80. The van der Waals surface area contributed by atoms with E-state index in [1.165, 1.54) is 19.2 Å². The van der Waals surface area contributed by atoms with Gasteiger partial charge >= 0.3 is 5.97 Å². The molecule has 0 aromatic heterocycles. The Labute approximate surface area is 81.4 Å². The monoisotopic (exact) mass is 191 g/mol. The number of carbonyl (C=O) groups is 1. The van der Waals surface area contributed by atoms with Crippen LogP contribution in [0.2, 0.25) is 0 Å². The number of nitriles is 1. The topological polar surface area (TPSA) is 70.3 Å². The lowest BCUT2D eigenvalue weighted by Crippen LogP contribution is -1.99. The molecular formula is C10H9NO3. The van der Waals surface area contributed by atoms with Crippen LogP contribution in [0.25, 0.3) is 0 Å². The first-order valence-corrected chi connectivity index (χ1v) is 3.96. The van der Waals surface area contributed by atoms with Crippen molar-refractivity contribution in [3.63, 3.8) is 0 Å². The zero-order chi connectivity index (χ0) is 10.6. The number of nitrogens with zero attached hydrogens (tertiary/aromatic N) is 1. The van der Waals surface area contributed by atoms with Crippen LogP contribution in [0, 0.1) is 11.3 Å². The number of carboxylic acids is 1. The minimum Gasteiger partial charge on any atom is -0.496 e. The van der Waals surface area contributed by atoms with Crippen molar-refractivity contribution in [2.45, 2.75) is 6.42 Å². The van der Waals surface area contributed by atoms with Gasteiger partial charge in [0.2, 0.25) is 0 Å². The SMILES string of the molecule is COc1ccc(C(=O)O)cc1CC#N. The van der Waals surface area contributed by atoms with Gasteiger partial charge in [-0.1, -0.05) is 0 Å². The minimum absolute atomic E-state index is 0.143. The van der Waals surface area contributed by atoms with Crippen molar-refractivity contribution in [1.82, 2.24) is 0 Å². The fraction of sp³-hybridized carbons (Fsp3) is 0.200. The largest absolute Gasteiger partial charge is 0.496 e. The molecule has 4 nitrogen and oxygen atoms in total. The highest BCUT2D eigenvalue weighted by atomic mass is 16.5. The van der Waals surface area contributed by atoms with E-state index in [1.54, 1.807) is 6.07 Å². The summed E-state index contributed by atoms with van der Waals surface area (Å²) >= 11 is 0. The molecule has 0 radical (unpaired) electrons. The molecule has 0 saturated carbocycles. The van der Waals surface area contributed by atoms with Gasteiger partial charge < -0.3 is 9.84 Å². The van der Waals surface area contributed by atoms with E-state index in [1.807, 2.05) is 6.07 Å². The second-order valence-electron chi connectivity index (χ2n) is 2.67. The predicted octanol–water partition coefficient (Wildman–Crippen LogP) is 1.46. The lowest BCUT2D eigenvalue weighted by molar-refractivity contribution is 0.0696. The van der Waals surface area contributed by atoms with Crippen LogP contribution in [0.15, 0.2) is 18.2 Å². The summed E-state index contributed by atoms with van der Waals surface area (Å²) in [5, 5.41) is 17.2. The Kier molecular flexibility index (Phi) is 3.08. The maximum atomic E-state index is 10.6. The highest BCUT2D eigenvalue weighted by molar-refractivity contribution is 5.88. The van der Waals surface area contributed by atoms with Gasteiger partial charge in [-0.25, -0.2) is 4.79 Å². The van der Waals surface area contributed by atoms with Crippen molar-refractivity contribution in [2.75, 3.05) is 7.11 Å². The molecule has 1 N–H and O–H groups in total. The Morgan fingerprint density at radius 2 is 2.36 bits per heavy atom. The summed E-state index contributed by atoms with van der Waals surface area (Å²) < 4.78 is 4.99. The van der Waals surface area contributed by atoms with Crippen LogP contribution in [0.5, 0.6) is 5.75 Å². The number of hydrogen-bond donors (Lipinski definition) is 1. The van der Waals surface area contributed by atoms with Gasteiger partial charge in [0.05, 0.1) is 25.2 Å². The molecule has 0 aliphatic heterocycles. The van der Waals surface area contributed by atoms with Crippen molar-refractivity contribution >= 4 is 5.97 Å². The first kappa shape index (κ1) is 10.1. The van der Waals surface area contributed by atoms with Gasteiger partial charge in [0.15, 0.2) is 0 Å². The van der Waals surface area contributed by atoms with E-state index in [-0.39, 0.29) is 12.0 Å². The lowest BCUT2D eigenvalue weighted by atomic mass is 10.1. The molecule has 0 atom stereocenters. The van der Waals surface area contributed by atoms with Crippen molar-refractivity contribution in [2.24, 2.45) is 0 Å². The molecule has 0 fully saturated rings. The van der Waals surface area contributed by atoms with Crippen LogP contribution in [0.4, 0.5) is 0 Å². The Morgan fingerprint density at radius 3 is 2.86 bits per heavy atom. The molecule has 0 amide bonds. The summed E-state index contributed by atoms with van der Waals surface area (Å²) in [5.74, 6) is -0.469. The molecule has 1 aromatic rings. The summed E-state index contributed by atoms with van der Waals surface area (Å²) in [6.45, 7) is 0. The van der Waals surface area contributed by atoms with Gasteiger partial charge in [0.1, 0.15) is 5.75 Å². The fourth-order valence-electron chi connectivity index (χ4n) is 1.13. The van der Waals surface area contributed by atoms with Gasteiger partial charge in [0.25, 0.3) is 0 Å². The molecule has 0 unspecified atom stereocenters. The maximum Gasteiger partial charge on any atom is 0.335 e. The molecular weight excluding hydrogens is 182 g/mol. The van der Waals surface area contributed by atoms with E-state index < -0.39 is 5.97 Å². The van der Waals surface area contributed by atoms with Crippen LogP contribution in [0.1, 0.15) is 15.9 Å². The Hall–Kier alpha value is -2.02. The van der Waals surface area contributed by atoms with Crippen LogP contribution in [-0.2, 0) is 6.42 Å². The minimum atomic E-state index is -1.01. The fourth-order valence-corrected chi connectivity index (χ4v) is 1.13. The second-order valence-corrected chi connectivity index (χ2v) is 2.67. The summed E-state index contributed by atoms with van der Waals surface area (Å²) in [5.41, 5.74) is 0.756. The smallest absolute Gasteiger partial charge is 0.335 e. The van der Waals surface area contributed by atoms with E-state index in [4.69, 9.17) is 15.1 Å². The van der Waals surface area contributed by atoms with Gasteiger partial charge in [-0.15, -0.1) is 0 Å². The van der Waals surface area contributed by atoms with Crippen LogP contribution in [-0.4, -0.2) is 18.2 Å². The molecule has 0 heterocycles. The third kappa shape index (κ3) is 2.02. The van der Waals surface area contributed by atoms with Gasteiger partial charge in [-0.3, -0.25) is 0 Å². The van der Waals surface area contributed by atoms with E-state index in [9.17, 15) is 4.79 Å². The van der Waals surface area contributed by atoms with Crippen molar-refractivity contribution in [1.29, 1.82) is 5.26 Å². The number of ether oxygens (including phenoxy) is 1. The molecule has 0 aliphatic carbocycles. The highest BCUT2D eigenvalue weighted by Gasteiger charge is 2.08. The lowest BCUT2D eigenvalue weighted by Gasteiger charge is -2.05. The van der Waals surface area contributed by atoms with E-state index in [0.29, 0.717) is 11.3 Å². The van der Waals surface area contributed by atoms with E-state index >= 15 is 0 Å². The number of rotatable bonds is 3. The first-order chi connectivity index (χ1) is 6.69. The summed E-state index contributed by atoms with van der Waals surface area (Å²) in [4.78, 5) is 10.6. The zero-order valence-corrected chi connectivity index (χ0v) is 7.65. The van der Waals surface area contributed by atoms with Gasteiger partial charge in [-0.2, -0.15) is 5.26 Å². The normalized spacial score (nSPS) is 9.14. The third-order valence-electron chi connectivity index (χ3n) is 1.80. The standard InChI is InChI=1S/C10H9NO3/c1-14-9-3-2-8(10(12)13)6-7(9)4-5-11/h2-3,6H,4H2,1H3,(H,12,13). The summed E-state index contributed by atoms with van der Waals surface area (Å²) in [6, 6.07) is 6.40. The van der Waals surface area contributed by atoms with Crippen molar-refractivity contribution < 1.29 is 14.6 Å². The molecule has 0 spiro atoms. The molecule has 0 saturated heterocycles. The Morgan fingerprint density at radius 1 is 1.64 bits per heavy atom. The number of carboxylic acid groups (broad SMARTS) is 1. The summed E-state index contributed by atoms with van der Waals surface area (Å²) in [6.07, 6.45) is 0.143. The van der Waals surface area contributed by atoms with Gasteiger partial charge in [-0.05, 0) is 18.2 Å². The van der Waals surface area contributed by atoms with Crippen molar-refractivity contribution in [3.05, 3.63) is 29.3 Å². The number of aromatic carboxylic acids is 1. The molecule has 1 rings (SSSR count). The Bertz CT molecular complexity index is 393. The van der Waals surface area contributed by atoms with Crippen LogP contribution in [0.3, 0.4) is 0 Å². The second kappa shape index (κ2) is 4.28. The van der Waals surface area contributed by atoms with E-state index in [2.05, 4.69) is 0 Å². The maximum absolute atomic E-state index is 10.6.